The van der Waals surface area contributed by atoms with Crippen molar-refractivity contribution in [2.24, 2.45) is 0 Å². The van der Waals surface area contributed by atoms with E-state index in [1.807, 2.05) is 54.9 Å². The van der Waals surface area contributed by atoms with Gasteiger partial charge in [-0.2, -0.15) is 0 Å². The second-order valence-corrected chi connectivity index (χ2v) is 14.9. The van der Waals surface area contributed by atoms with E-state index in [0.717, 1.165) is 62.3 Å². The summed E-state index contributed by atoms with van der Waals surface area (Å²) in [6.45, 7) is 10.1. The predicted molar refractivity (Wildman–Crippen MR) is 218 cm³/mol. The van der Waals surface area contributed by atoms with Gasteiger partial charge in [-0.05, 0) is 88.6 Å². The van der Waals surface area contributed by atoms with Gasteiger partial charge in [0.15, 0.2) is 23.0 Å². The number of carbonyl (C=O) groups is 1. The molecular formula is C44H54N8O4. The van der Waals surface area contributed by atoms with Crippen molar-refractivity contribution in [1.29, 1.82) is 0 Å². The van der Waals surface area contributed by atoms with Crippen LogP contribution in [0.15, 0.2) is 95.6 Å². The van der Waals surface area contributed by atoms with Gasteiger partial charge in [0.1, 0.15) is 5.69 Å². The second kappa shape index (κ2) is 18.4. The van der Waals surface area contributed by atoms with Crippen LogP contribution in [0.3, 0.4) is 0 Å². The predicted octanol–water partition coefficient (Wildman–Crippen LogP) is 7.55. The number of para-hydroxylation sites is 1. The average Bonchev–Trinajstić information content (AvgIpc) is 3.97. The number of nitrogens with zero attached hydrogens (tertiary/aromatic N) is 8. The molecule has 0 atom stereocenters. The van der Waals surface area contributed by atoms with Crippen LogP contribution in [0.5, 0.6) is 11.5 Å². The summed E-state index contributed by atoms with van der Waals surface area (Å²) in [5.74, 6) is 1.96. The minimum Gasteiger partial charge on any atom is -0.490 e. The molecule has 1 fully saturated rings. The molecule has 0 radical (unpaired) electrons. The zero-order valence-electron chi connectivity index (χ0n) is 33.1. The molecule has 0 aliphatic carbocycles. The van der Waals surface area contributed by atoms with Crippen LogP contribution in [0.1, 0.15) is 73.1 Å². The Morgan fingerprint density at radius 1 is 0.893 bits per heavy atom. The Balaban J connectivity index is 0.964. The molecule has 0 unspecified atom stereocenters. The van der Waals surface area contributed by atoms with E-state index in [0.29, 0.717) is 56.6 Å². The van der Waals surface area contributed by atoms with Gasteiger partial charge in [0.25, 0.3) is 5.91 Å². The number of ether oxygens (including phenoxy) is 2. The topological polar surface area (TPSA) is 107 Å². The third-order valence-corrected chi connectivity index (χ3v) is 10.3. The molecule has 294 valence electrons. The first-order valence-electron chi connectivity index (χ1n) is 19.9. The lowest BCUT2D eigenvalue weighted by Crippen LogP contribution is -2.34. The van der Waals surface area contributed by atoms with E-state index < -0.39 is 0 Å². The molecule has 4 heterocycles. The highest BCUT2D eigenvalue weighted by Gasteiger charge is 2.25. The Hall–Kier alpha value is -5.46. The number of aromatic nitrogens is 5. The third-order valence-electron chi connectivity index (χ3n) is 10.3. The molecular weight excluding hydrogens is 705 g/mol. The van der Waals surface area contributed by atoms with Gasteiger partial charge in [-0.25, -0.2) is 4.68 Å². The van der Waals surface area contributed by atoms with Crippen molar-refractivity contribution in [3.8, 4) is 22.8 Å². The molecule has 1 aliphatic rings. The van der Waals surface area contributed by atoms with Crippen molar-refractivity contribution in [3.63, 3.8) is 0 Å². The minimum atomic E-state index is -0.146. The number of piperidine rings is 1. The molecule has 3 aromatic carbocycles. The number of fused-ring (bicyclic) bond motifs is 1. The van der Waals surface area contributed by atoms with E-state index in [9.17, 15) is 4.79 Å². The monoisotopic (exact) mass is 758 g/mol. The lowest BCUT2D eigenvalue weighted by Gasteiger charge is -2.30. The van der Waals surface area contributed by atoms with Gasteiger partial charge in [-0.1, -0.05) is 71.9 Å². The summed E-state index contributed by atoms with van der Waals surface area (Å²) in [5.41, 5.74) is 5.77. The standard InChI is InChI=1S/C44H54N8O4/c1-5-25-55-42-18-17-33(26-43(42)54-6-2)29-50(22-12-21-48(3)4)44(53)39-28-38(56-46-39)32-49-23-19-37(20-24-49)52-31-36(45-47-52)30-51-40-16-11-10-15-35(40)27-41(51)34-13-8-7-9-14-34/h7-11,13-18,26-28,31,37H,5-6,12,19-25,29-30,32H2,1-4H3. The van der Waals surface area contributed by atoms with Gasteiger partial charge in [0.05, 0.1) is 38.5 Å². The Morgan fingerprint density at radius 3 is 2.48 bits per heavy atom. The van der Waals surface area contributed by atoms with Gasteiger partial charge in [-0.3, -0.25) is 9.69 Å². The lowest BCUT2D eigenvalue weighted by molar-refractivity contribution is 0.0726. The molecule has 3 aromatic heterocycles. The van der Waals surface area contributed by atoms with Crippen LogP contribution in [-0.2, 0) is 19.6 Å². The van der Waals surface area contributed by atoms with Crippen molar-refractivity contribution < 1.29 is 18.8 Å². The number of hydrogen-bond acceptors (Lipinski definition) is 9. The van der Waals surface area contributed by atoms with Crippen LogP contribution in [0.4, 0.5) is 0 Å². The van der Waals surface area contributed by atoms with Crippen molar-refractivity contribution in [3.05, 3.63) is 114 Å². The van der Waals surface area contributed by atoms with Gasteiger partial charge >= 0.3 is 0 Å². The largest absolute Gasteiger partial charge is 0.490 e. The summed E-state index contributed by atoms with van der Waals surface area (Å²) in [5, 5.41) is 14.7. The molecule has 7 rings (SSSR count). The Morgan fingerprint density at radius 2 is 1.70 bits per heavy atom. The van der Waals surface area contributed by atoms with Crippen molar-refractivity contribution in [1.82, 2.24) is 39.4 Å². The Labute approximate surface area is 329 Å². The third kappa shape index (κ3) is 9.49. The molecule has 0 bridgehead atoms. The molecule has 0 N–H and O–H groups in total. The summed E-state index contributed by atoms with van der Waals surface area (Å²) in [4.78, 5) is 20.2. The van der Waals surface area contributed by atoms with E-state index >= 15 is 0 Å². The van der Waals surface area contributed by atoms with E-state index in [1.54, 1.807) is 6.07 Å². The fraction of sp³-hybridized carbons (Fsp3) is 0.409. The zero-order valence-corrected chi connectivity index (χ0v) is 33.1. The highest BCUT2D eigenvalue weighted by atomic mass is 16.5. The molecule has 1 aliphatic heterocycles. The van der Waals surface area contributed by atoms with Gasteiger partial charge < -0.3 is 28.4 Å². The molecule has 12 heteroatoms. The van der Waals surface area contributed by atoms with Crippen LogP contribution < -0.4 is 9.47 Å². The average molecular weight is 759 g/mol. The first-order chi connectivity index (χ1) is 27.4. The Kier molecular flexibility index (Phi) is 12.8. The van der Waals surface area contributed by atoms with E-state index in [2.05, 4.69) is 97.6 Å². The molecule has 12 nitrogen and oxygen atoms in total. The number of hydrogen-bond donors (Lipinski definition) is 0. The molecule has 1 amide bonds. The van der Waals surface area contributed by atoms with Gasteiger partial charge in [-0.15, -0.1) is 5.10 Å². The minimum absolute atomic E-state index is 0.146. The summed E-state index contributed by atoms with van der Waals surface area (Å²) < 4.78 is 21.9. The summed E-state index contributed by atoms with van der Waals surface area (Å²) in [6, 6.07) is 29.2. The van der Waals surface area contributed by atoms with Crippen molar-refractivity contribution >= 4 is 16.8 Å². The second-order valence-electron chi connectivity index (χ2n) is 14.9. The maximum Gasteiger partial charge on any atom is 0.276 e. The van der Waals surface area contributed by atoms with Crippen molar-refractivity contribution in [2.75, 3.05) is 53.5 Å². The quantitative estimate of drug-likeness (QED) is 0.0879. The van der Waals surface area contributed by atoms with E-state index in [1.165, 1.54) is 22.2 Å². The smallest absolute Gasteiger partial charge is 0.276 e. The number of amides is 1. The maximum atomic E-state index is 13.9. The van der Waals surface area contributed by atoms with Gasteiger partial charge in [0.2, 0.25) is 0 Å². The van der Waals surface area contributed by atoms with Gasteiger partial charge in [0, 0.05) is 48.8 Å². The number of rotatable bonds is 18. The van der Waals surface area contributed by atoms with Crippen LogP contribution in [0, 0.1) is 0 Å². The molecule has 0 saturated carbocycles. The van der Waals surface area contributed by atoms with Crippen LogP contribution >= 0.6 is 0 Å². The van der Waals surface area contributed by atoms with Crippen LogP contribution in [-0.4, -0.2) is 98.8 Å². The first kappa shape index (κ1) is 38.8. The fourth-order valence-electron chi connectivity index (χ4n) is 7.47. The van der Waals surface area contributed by atoms with Crippen molar-refractivity contribution in [2.45, 2.75) is 65.2 Å². The molecule has 1 saturated heterocycles. The highest BCUT2D eigenvalue weighted by Crippen LogP contribution is 2.31. The molecule has 0 spiro atoms. The normalized spacial score (nSPS) is 13.8. The number of likely N-dealkylation sites (tertiary alicyclic amines) is 1. The zero-order chi connectivity index (χ0) is 38.9. The molecule has 56 heavy (non-hydrogen) atoms. The Bertz CT molecular complexity index is 2170. The number of carbonyl (C=O) groups excluding carboxylic acids is 1. The van der Waals surface area contributed by atoms with E-state index in [-0.39, 0.29) is 11.9 Å². The summed E-state index contributed by atoms with van der Waals surface area (Å²) >= 11 is 0. The number of benzene rings is 3. The van der Waals surface area contributed by atoms with Crippen LogP contribution in [0.25, 0.3) is 22.2 Å². The lowest BCUT2D eigenvalue weighted by atomic mass is 10.1. The fourth-order valence-corrected chi connectivity index (χ4v) is 7.47. The molecule has 6 aromatic rings. The highest BCUT2D eigenvalue weighted by molar-refractivity contribution is 5.92. The van der Waals surface area contributed by atoms with E-state index in [4.69, 9.17) is 14.0 Å². The van der Waals surface area contributed by atoms with Crippen LogP contribution in [0.2, 0.25) is 0 Å². The maximum absolute atomic E-state index is 13.9. The summed E-state index contributed by atoms with van der Waals surface area (Å²) in [6.07, 6.45) is 5.73. The summed E-state index contributed by atoms with van der Waals surface area (Å²) in [7, 11) is 4.08. The first-order valence-corrected chi connectivity index (χ1v) is 19.9. The SMILES string of the molecule is CCCOc1ccc(CN(CCCN(C)C)C(=O)c2cc(CN3CCC(n4cc(Cn5c(-c6ccccc6)cc6ccccc65)nn4)CC3)on2)cc1OCC.